The molecule has 0 fully saturated rings. The molecular weight excluding hydrogens is 1290 g/mol. The van der Waals surface area contributed by atoms with Crippen LogP contribution in [0.25, 0.3) is 67.3 Å². The van der Waals surface area contributed by atoms with Crippen molar-refractivity contribution in [3.05, 3.63) is 89.4 Å². The minimum Gasteiger partial charge on any atom is -0.693 e. The van der Waals surface area contributed by atoms with Gasteiger partial charge in [0.05, 0.1) is 51.7 Å². The molecule has 0 aliphatic carbocycles. The first-order chi connectivity index (χ1) is 35.5. The summed E-state index contributed by atoms with van der Waals surface area (Å²) in [5, 5.41) is 0. The van der Waals surface area contributed by atoms with Gasteiger partial charge in [0.2, 0.25) is 23.8 Å². The molecular formula is C32H50N24O17P4Y2-4. The molecule has 8 aromatic rings. The Kier molecular flexibility index (Phi) is 27.5. The van der Waals surface area contributed by atoms with Gasteiger partial charge in [0.15, 0.2) is 44.7 Å². The standard InChI is InChI=1S/3C8H13N6O4P.C8H12N5O5P.H2N.2Y/c3*9-8-12-6-5(7(15)13-8)11-3-14(6)1-2-18-4-19(10,16)17;9-8-11-6-5(7(14)12-8)10-3-13(6)1-2-18-4-19(15,16)17;;;/h3*3H,1-2,4H2,(H6,9,10,12,13,15,16,17);3H,1-2,4H2,(H2,15,16,17)(H3,9,11,12,14);1H2;;/q;;;;-1;;/p-3. The zero-order valence-electron chi connectivity index (χ0n) is 40.6. The summed E-state index contributed by atoms with van der Waals surface area (Å²) in [7, 11) is -15.9. The Balaban J connectivity index is 0.000000356. The van der Waals surface area contributed by atoms with Crippen LogP contribution in [0, 0.1) is 0 Å². The number of nitrogens with two attached hydrogens (primary N) is 5. The van der Waals surface area contributed by atoms with Gasteiger partial charge >= 0.3 is 7.60 Å². The molecule has 3 unspecified atom stereocenters. The molecule has 0 aliphatic heterocycles. The molecule has 0 spiro atoms. The van der Waals surface area contributed by atoms with E-state index in [1.165, 1.54) is 43.6 Å². The van der Waals surface area contributed by atoms with Crippen LogP contribution in [0.5, 0.6) is 0 Å². The van der Waals surface area contributed by atoms with E-state index < -0.39 is 77.8 Å². The fourth-order valence-corrected chi connectivity index (χ4v) is 7.43. The number of hydrogen-bond acceptors (Lipinski definition) is 24. The van der Waals surface area contributed by atoms with Gasteiger partial charge in [0.1, 0.15) is 48.0 Å². The number of anilines is 4. The van der Waals surface area contributed by atoms with Gasteiger partial charge in [-0.05, 0) is 0 Å². The molecule has 0 amide bonds. The van der Waals surface area contributed by atoms with Crippen molar-refractivity contribution in [2.75, 3.05) is 74.8 Å². The van der Waals surface area contributed by atoms with Crippen molar-refractivity contribution >= 4 is 98.6 Å². The average Bonchev–Trinajstić information content (AvgIpc) is 4.10. The number of aromatic nitrogens is 16. The second kappa shape index (κ2) is 30.9. The number of H-pyrrole nitrogens is 4. The molecule has 8 aromatic heterocycles. The quantitative estimate of drug-likeness (QED) is 0.0332. The Hall–Kier alpha value is -4.79. The fourth-order valence-electron chi connectivity index (χ4n) is 5.94. The van der Waals surface area contributed by atoms with Gasteiger partial charge in [0.25, 0.3) is 22.2 Å². The number of fused-ring (bicyclic) bond motifs is 4. The average molecular weight is 1340 g/mol. The molecule has 22 N–H and O–H groups in total. The minimum absolute atomic E-state index is 0. The van der Waals surface area contributed by atoms with Crippen molar-refractivity contribution in [2.45, 2.75) is 26.2 Å². The van der Waals surface area contributed by atoms with Crippen LogP contribution in [0.3, 0.4) is 0 Å². The third kappa shape index (κ3) is 22.9. The summed E-state index contributed by atoms with van der Waals surface area (Å²) in [5.41, 5.74) is 42.1. The number of nitrogen functional groups attached to an aromatic ring is 4. The number of nitrogens with one attached hydrogen (secondary N) is 7. The molecule has 430 valence electrons. The molecule has 0 saturated heterocycles. The molecule has 0 aliphatic rings. The molecule has 0 aromatic carbocycles. The first-order valence-corrected chi connectivity index (χ1v) is 28.2. The van der Waals surface area contributed by atoms with Crippen molar-refractivity contribution in [3.8, 4) is 0 Å². The van der Waals surface area contributed by atoms with Gasteiger partial charge in [0, 0.05) is 91.6 Å². The second-order valence-electron chi connectivity index (χ2n) is 15.2. The van der Waals surface area contributed by atoms with Crippen LogP contribution in [0.4, 0.5) is 23.8 Å². The number of aromatic amines is 4. The molecule has 8 rings (SSSR count). The third-order valence-electron chi connectivity index (χ3n) is 8.94. The van der Waals surface area contributed by atoms with Crippen molar-refractivity contribution in [1.82, 2.24) is 78.1 Å². The predicted octanol–water partition coefficient (Wildman–Crippen LogP) is -0.694. The van der Waals surface area contributed by atoms with Gasteiger partial charge in [-0.15, -0.1) is 0 Å². The maximum absolute atomic E-state index is 11.5. The van der Waals surface area contributed by atoms with Crippen molar-refractivity contribution in [2.24, 2.45) is 0 Å². The SMILES string of the molecule is Nc1nc2c(ncn2CCOCP(=O)(O)O)c(=O)[nH]1.[NH-]P(=O)(O)COCCn1cnc2c(=O)[nH]c(N)nc21.[NH-]P(=O)(O)COCCn1cnc2c(=O)[nH]c(N)nc21.[NH-]P(=O)(O)COCCn1cnc2c(=O)[nH]c(N)nc21.[NH2-].[Y].[Y]. The number of nitrogens with zero attached hydrogens (tertiary/aromatic N) is 12. The summed E-state index contributed by atoms with van der Waals surface area (Å²) in [6.45, 7) is 1.36. The van der Waals surface area contributed by atoms with Crippen LogP contribution >= 0.6 is 30.2 Å². The zero-order valence-corrected chi connectivity index (χ0v) is 49.9. The molecule has 0 bridgehead atoms. The Morgan fingerprint density at radius 2 is 0.633 bits per heavy atom. The first-order valence-electron chi connectivity index (χ1n) is 20.9. The summed E-state index contributed by atoms with van der Waals surface area (Å²) < 4.78 is 68.2. The summed E-state index contributed by atoms with van der Waals surface area (Å²) in [6.07, 6.45) is 3.28. The molecule has 3 atom stereocenters. The van der Waals surface area contributed by atoms with E-state index in [1.807, 2.05) is 0 Å². The first kappa shape index (κ1) is 70.3. The van der Waals surface area contributed by atoms with Crippen molar-refractivity contribution in [3.63, 3.8) is 0 Å². The second-order valence-corrected chi connectivity index (χ2v) is 21.7. The zero-order chi connectivity index (χ0) is 56.2. The summed E-state index contributed by atoms with van der Waals surface area (Å²) >= 11 is 0. The Bertz CT molecular complexity index is 3250. The number of rotatable bonds is 20. The maximum Gasteiger partial charge on any atom is 0.350 e. The van der Waals surface area contributed by atoms with E-state index in [9.17, 15) is 37.4 Å². The Labute approximate surface area is 490 Å². The fraction of sp³-hybridized carbons (Fsp3) is 0.375. The topological polar surface area (TPSA) is 670 Å². The van der Waals surface area contributed by atoms with Crippen LogP contribution in [0.2, 0.25) is 0 Å². The smallest absolute Gasteiger partial charge is 0.350 e. The van der Waals surface area contributed by atoms with Crippen LogP contribution in [-0.4, -0.2) is 154 Å². The molecule has 0 saturated carbocycles. The van der Waals surface area contributed by atoms with Gasteiger partial charge < -0.3 is 121 Å². The molecule has 79 heavy (non-hydrogen) atoms. The van der Waals surface area contributed by atoms with Crippen LogP contribution in [-0.2, 0) is 129 Å². The van der Waals surface area contributed by atoms with Crippen molar-refractivity contribution in [1.29, 1.82) is 0 Å². The van der Waals surface area contributed by atoms with E-state index in [2.05, 4.69) is 59.8 Å². The molecule has 41 nitrogen and oxygen atoms in total. The van der Waals surface area contributed by atoms with E-state index in [-0.39, 0.29) is 170 Å². The van der Waals surface area contributed by atoms with Crippen molar-refractivity contribution < 1.29 is 127 Å². The summed E-state index contributed by atoms with van der Waals surface area (Å²) in [5.74, 6) is -0.0982. The van der Waals surface area contributed by atoms with Crippen LogP contribution in [0.15, 0.2) is 44.5 Å². The predicted molar refractivity (Wildman–Crippen MR) is 273 cm³/mol. The van der Waals surface area contributed by atoms with E-state index in [1.54, 1.807) is 0 Å². The summed E-state index contributed by atoms with van der Waals surface area (Å²) in [6, 6.07) is 0. The normalized spacial score (nSPS) is 13.5. The Morgan fingerprint density at radius 1 is 0.430 bits per heavy atom. The minimum atomic E-state index is -4.17. The maximum atomic E-state index is 11.5. The van der Waals surface area contributed by atoms with Crippen LogP contribution in [0.1, 0.15) is 0 Å². The van der Waals surface area contributed by atoms with E-state index in [0.717, 1.165) is 0 Å². The Morgan fingerprint density at radius 3 is 0.823 bits per heavy atom. The molecule has 47 heteroatoms. The number of ether oxygens (including phenoxy) is 4. The monoisotopic (exact) mass is 1340 g/mol. The van der Waals surface area contributed by atoms with Crippen LogP contribution < -0.4 is 45.2 Å². The molecule has 8 heterocycles. The number of imidazole rings is 4. The van der Waals surface area contributed by atoms with Gasteiger partial charge in [-0.1, -0.05) is 0 Å². The molecule has 2 radical (unpaired) electrons. The van der Waals surface area contributed by atoms with E-state index in [4.69, 9.17) is 82.9 Å². The van der Waals surface area contributed by atoms with Gasteiger partial charge in [-0.3, -0.25) is 43.7 Å². The van der Waals surface area contributed by atoms with E-state index in [0.29, 0.717) is 22.6 Å². The van der Waals surface area contributed by atoms with Gasteiger partial charge in [-0.2, -0.15) is 19.9 Å². The van der Waals surface area contributed by atoms with Gasteiger partial charge in [-0.25, -0.2) is 19.9 Å². The third-order valence-corrected chi connectivity index (χ3v) is 11.1. The largest absolute Gasteiger partial charge is 0.693 e. The number of hydrogen-bond donors (Lipinski definition) is 13. The van der Waals surface area contributed by atoms with E-state index >= 15 is 0 Å². The summed E-state index contributed by atoms with van der Waals surface area (Å²) in [4.78, 5) is 130.